The zero-order valence-electron chi connectivity index (χ0n) is 18.5. The number of carbonyl (C=O) groups excluding carboxylic acids is 1. The summed E-state index contributed by atoms with van der Waals surface area (Å²) in [4.78, 5) is 17.8. The second-order valence-electron chi connectivity index (χ2n) is 8.01. The lowest BCUT2D eigenvalue weighted by molar-refractivity contribution is 0.0997. The molecule has 0 unspecified atom stereocenters. The fourth-order valence-corrected chi connectivity index (χ4v) is 6.40. The third-order valence-electron chi connectivity index (χ3n) is 5.81. The summed E-state index contributed by atoms with van der Waals surface area (Å²) in [6, 6.07) is 11.6. The molecule has 172 valence electrons. The predicted octanol–water partition coefficient (Wildman–Crippen LogP) is 3.51. The fraction of sp³-hybridized carbons (Fsp3) is 0.333. The molecular formula is C24H25N3O4S2. The van der Waals surface area contributed by atoms with E-state index < -0.39 is 15.9 Å². The van der Waals surface area contributed by atoms with Crippen molar-refractivity contribution in [2.45, 2.75) is 31.2 Å². The number of fused-ring (bicyclic) bond motifs is 1. The van der Waals surface area contributed by atoms with E-state index in [9.17, 15) is 13.2 Å². The number of carbonyl (C=O) groups is 1. The molecule has 1 aliphatic heterocycles. The molecular weight excluding hydrogens is 458 g/mol. The molecule has 7 nitrogen and oxygen atoms in total. The molecule has 1 fully saturated rings. The lowest BCUT2D eigenvalue weighted by Crippen LogP contribution is -2.37. The van der Waals surface area contributed by atoms with Crippen molar-refractivity contribution >= 4 is 37.5 Å². The van der Waals surface area contributed by atoms with E-state index in [1.807, 2.05) is 18.2 Å². The molecule has 0 bridgehead atoms. The number of nitrogens with zero attached hydrogens (tertiary/aromatic N) is 3. The molecule has 9 heteroatoms. The summed E-state index contributed by atoms with van der Waals surface area (Å²) in [7, 11) is -1.99. The summed E-state index contributed by atoms with van der Waals surface area (Å²) in [5.74, 6) is 3.31. The van der Waals surface area contributed by atoms with Gasteiger partial charge in [-0.1, -0.05) is 30.2 Å². The van der Waals surface area contributed by atoms with Crippen LogP contribution in [0.2, 0.25) is 0 Å². The van der Waals surface area contributed by atoms with Gasteiger partial charge in [-0.2, -0.15) is 9.30 Å². The van der Waals surface area contributed by atoms with E-state index in [0.29, 0.717) is 35.1 Å². The molecule has 2 heterocycles. The largest absolute Gasteiger partial charge is 0.495 e. The first-order chi connectivity index (χ1) is 15.8. The molecule has 0 radical (unpaired) electrons. The van der Waals surface area contributed by atoms with Crippen LogP contribution >= 0.6 is 11.3 Å². The third kappa shape index (κ3) is 4.60. The second kappa shape index (κ2) is 9.51. The minimum Gasteiger partial charge on any atom is -0.495 e. The molecule has 0 aliphatic carbocycles. The molecule has 0 saturated carbocycles. The van der Waals surface area contributed by atoms with Crippen molar-refractivity contribution in [1.29, 1.82) is 0 Å². The fourth-order valence-electron chi connectivity index (χ4n) is 3.88. The van der Waals surface area contributed by atoms with Crippen LogP contribution in [-0.2, 0) is 16.6 Å². The van der Waals surface area contributed by atoms with Crippen molar-refractivity contribution in [3.8, 4) is 18.1 Å². The van der Waals surface area contributed by atoms with Gasteiger partial charge in [0.15, 0.2) is 4.80 Å². The summed E-state index contributed by atoms with van der Waals surface area (Å²) < 4.78 is 35.5. The number of rotatable bonds is 5. The first-order valence-corrected chi connectivity index (χ1v) is 12.9. The van der Waals surface area contributed by atoms with Gasteiger partial charge in [-0.05, 0) is 55.2 Å². The number of piperidine rings is 1. The first-order valence-electron chi connectivity index (χ1n) is 10.6. The van der Waals surface area contributed by atoms with E-state index in [0.717, 1.165) is 23.1 Å². The minimum atomic E-state index is -3.57. The zero-order valence-corrected chi connectivity index (χ0v) is 20.2. The molecule has 1 saturated heterocycles. The Morgan fingerprint density at radius 3 is 2.55 bits per heavy atom. The van der Waals surface area contributed by atoms with E-state index >= 15 is 0 Å². The second-order valence-corrected chi connectivity index (χ2v) is 11.0. The summed E-state index contributed by atoms with van der Waals surface area (Å²) in [6.45, 7) is 3.40. The van der Waals surface area contributed by atoms with Crippen molar-refractivity contribution in [3.05, 3.63) is 52.8 Å². The van der Waals surface area contributed by atoms with Crippen molar-refractivity contribution in [2.24, 2.45) is 10.9 Å². The van der Waals surface area contributed by atoms with Crippen molar-refractivity contribution < 1.29 is 17.9 Å². The maximum absolute atomic E-state index is 12.9. The van der Waals surface area contributed by atoms with Gasteiger partial charge in [-0.3, -0.25) is 4.79 Å². The number of hydrogen-bond acceptors (Lipinski definition) is 5. The van der Waals surface area contributed by atoms with Crippen LogP contribution in [0, 0.1) is 18.3 Å². The molecule has 1 amide bonds. The summed E-state index contributed by atoms with van der Waals surface area (Å²) >= 11 is 1.34. The van der Waals surface area contributed by atoms with Crippen LogP contribution in [0.25, 0.3) is 10.2 Å². The van der Waals surface area contributed by atoms with E-state index in [1.54, 1.807) is 11.7 Å². The number of amides is 1. The van der Waals surface area contributed by atoms with Gasteiger partial charge in [0.25, 0.3) is 5.91 Å². The lowest BCUT2D eigenvalue weighted by atomic mass is 10.0. The third-order valence-corrected chi connectivity index (χ3v) is 8.77. The Hall–Kier alpha value is -2.93. The van der Waals surface area contributed by atoms with Gasteiger partial charge in [0, 0.05) is 18.7 Å². The molecule has 1 aliphatic rings. The molecule has 2 aromatic carbocycles. The number of methoxy groups -OCH3 is 1. The van der Waals surface area contributed by atoms with Gasteiger partial charge in [0.2, 0.25) is 10.0 Å². The zero-order chi connectivity index (χ0) is 23.6. The predicted molar refractivity (Wildman–Crippen MR) is 129 cm³/mol. The van der Waals surface area contributed by atoms with Gasteiger partial charge >= 0.3 is 0 Å². The molecule has 0 spiro atoms. The van der Waals surface area contributed by atoms with Gasteiger partial charge < -0.3 is 9.30 Å². The van der Waals surface area contributed by atoms with Crippen LogP contribution in [0.5, 0.6) is 5.75 Å². The molecule has 0 atom stereocenters. The van der Waals surface area contributed by atoms with Gasteiger partial charge in [-0.15, -0.1) is 6.42 Å². The topological polar surface area (TPSA) is 81.0 Å². The average Bonchev–Trinajstić information content (AvgIpc) is 3.16. The highest BCUT2D eigenvalue weighted by atomic mass is 32.2. The van der Waals surface area contributed by atoms with Crippen LogP contribution < -0.4 is 9.54 Å². The molecule has 3 aromatic rings. The summed E-state index contributed by atoms with van der Waals surface area (Å²) in [5.41, 5.74) is 1.09. The number of aromatic nitrogens is 1. The number of thiazole rings is 1. The van der Waals surface area contributed by atoms with Crippen LogP contribution in [0.1, 0.15) is 30.1 Å². The van der Waals surface area contributed by atoms with Crippen LogP contribution in [0.15, 0.2) is 52.4 Å². The Morgan fingerprint density at radius 1 is 1.21 bits per heavy atom. The minimum absolute atomic E-state index is 0.183. The SMILES string of the molecule is C#CCn1c(=NC(=O)c2ccc(S(=O)(=O)N3CCC(C)CC3)cc2)sc2cccc(OC)c21. The van der Waals surface area contributed by atoms with Crippen LogP contribution in [0.3, 0.4) is 0 Å². The highest BCUT2D eigenvalue weighted by Crippen LogP contribution is 2.27. The Kier molecular flexibility index (Phi) is 6.70. The monoisotopic (exact) mass is 483 g/mol. The maximum Gasteiger partial charge on any atom is 0.279 e. The van der Waals surface area contributed by atoms with E-state index in [2.05, 4.69) is 17.8 Å². The standard InChI is InChI=1S/C24H25N3O4S2/c1-4-14-27-22-20(31-3)6-5-7-21(22)32-24(27)25-23(28)18-8-10-19(11-9-18)33(29,30)26-15-12-17(2)13-16-26/h1,5-11,17H,12-16H2,2-3H3. The van der Waals surface area contributed by atoms with Gasteiger partial charge in [0.05, 0.1) is 23.2 Å². The highest BCUT2D eigenvalue weighted by molar-refractivity contribution is 7.89. The number of para-hydroxylation sites is 1. The van der Waals surface area contributed by atoms with E-state index in [4.69, 9.17) is 11.2 Å². The Morgan fingerprint density at radius 2 is 1.91 bits per heavy atom. The molecule has 4 rings (SSSR count). The highest BCUT2D eigenvalue weighted by Gasteiger charge is 2.28. The Balaban J connectivity index is 1.65. The van der Waals surface area contributed by atoms with Crippen molar-refractivity contribution in [1.82, 2.24) is 8.87 Å². The van der Waals surface area contributed by atoms with Gasteiger partial charge in [-0.25, -0.2) is 8.42 Å². The quantitative estimate of drug-likeness (QED) is 0.520. The lowest BCUT2D eigenvalue weighted by Gasteiger charge is -2.29. The summed E-state index contributed by atoms with van der Waals surface area (Å²) in [6.07, 6.45) is 7.25. The Bertz CT molecular complexity index is 1390. The van der Waals surface area contributed by atoms with Gasteiger partial charge in [0.1, 0.15) is 11.3 Å². The number of hydrogen-bond donors (Lipinski definition) is 0. The first kappa shape index (κ1) is 23.2. The smallest absolute Gasteiger partial charge is 0.279 e. The normalized spacial score (nSPS) is 16.1. The molecule has 33 heavy (non-hydrogen) atoms. The number of terminal acetylenes is 1. The van der Waals surface area contributed by atoms with Crippen molar-refractivity contribution in [3.63, 3.8) is 0 Å². The van der Waals surface area contributed by atoms with Crippen LogP contribution in [0.4, 0.5) is 0 Å². The maximum atomic E-state index is 12.9. The number of benzene rings is 2. The Labute approximate surface area is 197 Å². The van der Waals surface area contributed by atoms with E-state index in [1.165, 1.54) is 39.9 Å². The van der Waals surface area contributed by atoms with Crippen LogP contribution in [-0.4, -0.2) is 43.4 Å². The number of ether oxygens (including phenoxy) is 1. The molecule has 0 N–H and O–H groups in total. The van der Waals surface area contributed by atoms with E-state index in [-0.39, 0.29) is 11.4 Å². The number of sulfonamides is 1. The van der Waals surface area contributed by atoms with Crippen molar-refractivity contribution in [2.75, 3.05) is 20.2 Å². The molecule has 1 aromatic heterocycles. The average molecular weight is 484 g/mol. The summed E-state index contributed by atoms with van der Waals surface area (Å²) in [5, 5.41) is 0.